The Hall–Kier alpha value is -1.48. The average molecular weight is 285 g/mol. The van der Waals surface area contributed by atoms with E-state index < -0.39 is 30.2 Å². The minimum Gasteiger partial charge on any atom is -0.386 e. The summed E-state index contributed by atoms with van der Waals surface area (Å²) in [6.45, 7) is 1.97. The van der Waals surface area contributed by atoms with Crippen LogP contribution < -0.4 is 11.4 Å². The normalized spacial score (nSPS) is 29.8. The molecule has 8 heteroatoms. The molecule has 0 spiro atoms. The van der Waals surface area contributed by atoms with Gasteiger partial charge in [0.15, 0.2) is 6.23 Å². The van der Waals surface area contributed by atoms with E-state index in [4.69, 9.17) is 19.9 Å². The number of anilines is 1. The molecular weight excluding hydrogens is 266 g/mol. The lowest BCUT2D eigenvalue weighted by atomic mass is 10.1. The van der Waals surface area contributed by atoms with Gasteiger partial charge in [0.2, 0.25) is 0 Å². The Bertz CT molecular complexity index is 532. The molecule has 8 nitrogen and oxygen atoms in total. The third-order valence-corrected chi connectivity index (χ3v) is 3.36. The van der Waals surface area contributed by atoms with Crippen LogP contribution in [0.15, 0.2) is 11.0 Å². The number of nitrogens with zero attached hydrogens (tertiary/aromatic N) is 2. The molecule has 0 bridgehead atoms. The Morgan fingerprint density at radius 3 is 2.85 bits per heavy atom. The van der Waals surface area contributed by atoms with E-state index in [1.807, 2.05) is 0 Å². The van der Waals surface area contributed by atoms with Gasteiger partial charge in [0.25, 0.3) is 0 Å². The largest absolute Gasteiger partial charge is 0.386 e. The van der Waals surface area contributed by atoms with Gasteiger partial charge in [-0.15, -0.1) is 0 Å². The van der Waals surface area contributed by atoms with E-state index in [1.54, 1.807) is 6.92 Å². The van der Waals surface area contributed by atoms with Gasteiger partial charge in [-0.1, -0.05) is 0 Å². The fraction of sp³-hybridized carbons (Fsp3) is 0.667. The van der Waals surface area contributed by atoms with Crippen LogP contribution in [0.1, 0.15) is 11.8 Å². The van der Waals surface area contributed by atoms with Crippen LogP contribution in [0.4, 0.5) is 5.82 Å². The summed E-state index contributed by atoms with van der Waals surface area (Å²) in [5, 5.41) is 10.3. The zero-order valence-corrected chi connectivity index (χ0v) is 11.6. The number of nitrogens with two attached hydrogens (primary N) is 1. The molecule has 0 amide bonds. The van der Waals surface area contributed by atoms with Gasteiger partial charge >= 0.3 is 5.69 Å². The zero-order valence-electron chi connectivity index (χ0n) is 11.6. The molecule has 2 rings (SSSR count). The second-order valence-corrected chi connectivity index (χ2v) is 4.71. The predicted octanol–water partition coefficient (Wildman–Crippen LogP) is -0.946. The van der Waals surface area contributed by atoms with Gasteiger partial charge in [-0.2, -0.15) is 4.98 Å². The summed E-state index contributed by atoms with van der Waals surface area (Å²) in [5.41, 5.74) is 5.63. The first kappa shape index (κ1) is 14.9. The van der Waals surface area contributed by atoms with Gasteiger partial charge in [-0.25, -0.2) is 4.79 Å². The molecule has 1 aliphatic rings. The first-order valence-corrected chi connectivity index (χ1v) is 6.20. The van der Waals surface area contributed by atoms with Crippen molar-refractivity contribution >= 4 is 5.82 Å². The Morgan fingerprint density at radius 2 is 2.25 bits per heavy atom. The molecule has 2 unspecified atom stereocenters. The van der Waals surface area contributed by atoms with Crippen molar-refractivity contribution in [3.8, 4) is 0 Å². The maximum absolute atomic E-state index is 11.9. The number of hydrogen-bond acceptors (Lipinski definition) is 7. The molecule has 0 radical (unpaired) electrons. The van der Waals surface area contributed by atoms with Gasteiger partial charge in [0.05, 0.1) is 6.61 Å². The number of methoxy groups -OCH3 is 2. The smallest absolute Gasteiger partial charge is 0.351 e. The Labute approximate surface area is 116 Å². The molecule has 112 valence electrons. The number of ether oxygens (including phenoxy) is 3. The van der Waals surface area contributed by atoms with Crippen LogP contribution in [0.3, 0.4) is 0 Å². The summed E-state index contributed by atoms with van der Waals surface area (Å²) in [7, 11) is 2.99. The van der Waals surface area contributed by atoms with Gasteiger partial charge in [-0.05, 0) is 6.92 Å². The van der Waals surface area contributed by atoms with Crippen LogP contribution in [-0.2, 0) is 14.2 Å². The van der Waals surface area contributed by atoms with Gasteiger partial charge in [0.1, 0.15) is 24.1 Å². The van der Waals surface area contributed by atoms with Gasteiger partial charge in [0, 0.05) is 26.0 Å². The van der Waals surface area contributed by atoms with Crippen LogP contribution >= 0.6 is 0 Å². The van der Waals surface area contributed by atoms with E-state index in [2.05, 4.69) is 4.98 Å². The SMILES string of the molecule is COC[C@H]1O[C@@H](n2cc(C)c(N)nc2=O)C(O)C1OC. The van der Waals surface area contributed by atoms with Crippen LogP contribution in [-0.4, -0.2) is 53.8 Å². The van der Waals surface area contributed by atoms with Crippen molar-refractivity contribution < 1.29 is 19.3 Å². The number of hydrogen-bond donors (Lipinski definition) is 2. The molecule has 1 fully saturated rings. The molecule has 0 aromatic carbocycles. The summed E-state index contributed by atoms with van der Waals surface area (Å²) in [6, 6.07) is 0. The number of aliphatic hydroxyl groups is 1. The van der Waals surface area contributed by atoms with Crippen molar-refractivity contribution in [3.05, 3.63) is 22.2 Å². The topological polar surface area (TPSA) is 109 Å². The van der Waals surface area contributed by atoms with E-state index in [0.29, 0.717) is 5.56 Å². The van der Waals surface area contributed by atoms with Crippen LogP contribution in [0.5, 0.6) is 0 Å². The zero-order chi connectivity index (χ0) is 14.9. The molecule has 1 saturated heterocycles. The maximum Gasteiger partial charge on any atom is 0.351 e. The average Bonchev–Trinajstić information content (AvgIpc) is 2.71. The van der Waals surface area contributed by atoms with E-state index in [1.165, 1.54) is 25.0 Å². The van der Waals surface area contributed by atoms with Gasteiger partial charge in [-0.3, -0.25) is 4.57 Å². The maximum atomic E-state index is 11.9. The lowest BCUT2D eigenvalue weighted by molar-refractivity contribution is -0.0640. The number of rotatable bonds is 4. The Balaban J connectivity index is 2.34. The summed E-state index contributed by atoms with van der Waals surface area (Å²) < 4.78 is 17.1. The number of nitrogen functional groups attached to an aromatic ring is 1. The quantitative estimate of drug-likeness (QED) is 0.734. The number of aliphatic hydroxyl groups excluding tert-OH is 1. The highest BCUT2D eigenvalue weighted by atomic mass is 16.6. The molecule has 1 aliphatic heterocycles. The molecule has 3 N–H and O–H groups in total. The minimum atomic E-state index is -0.998. The summed E-state index contributed by atoms with van der Waals surface area (Å²) >= 11 is 0. The van der Waals surface area contributed by atoms with Crippen molar-refractivity contribution in [1.29, 1.82) is 0 Å². The Kier molecular flexibility index (Phi) is 4.39. The lowest BCUT2D eigenvalue weighted by Crippen LogP contribution is -2.37. The Morgan fingerprint density at radius 1 is 1.55 bits per heavy atom. The third kappa shape index (κ3) is 2.55. The highest BCUT2D eigenvalue weighted by Crippen LogP contribution is 2.30. The molecule has 4 atom stereocenters. The summed E-state index contributed by atoms with van der Waals surface area (Å²) in [5.74, 6) is 0.162. The summed E-state index contributed by atoms with van der Waals surface area (Å²) in [6.07, 6.45) is -1.40. The molecule has 0 aliphatic carbocycles. The predicted molar refractivity (Wildman–Crippen MR) is 70.2 cm³/mol. The minimum absolute atomic E-state index is 0.162. The standard InChI is InChI=1S/C12H19N3O5/c1-6-4-15(12(17)14-10(6)13)11-8(16)9(19-3)7(20-11)5-18-2/h4,7-9,11,16H,5H2,1-3H3,(H2,13,14,17)/t7-,8?,9?,11-/m1/s1. The van der Waals surface area contributed by atoms with E-state index >= 15 is 0 Å². The van der Waals surface area contributed by atoms with Crippen LogP contribution in [0.2, 0.25) is 0 Å². The fourth-order valence-electron chi connectivity index (χ4n) is 2.30. The van der Waals surface area contributed by atoms with E-state index in [-0.39, 0.29) is 12.4 Å². The molecule has 1 aromatic heterocycles. The summed E-state index contributed by atoms with van der Waals surface area (Å²) in [4.78, 5) is 15.6. The second-order valence-electron chi connectivity index (χ2n) is 4.71. The lowest BCUT2D eigenvalue weighted by Gasteiger charge is -2.18. The third-order valence-electron chi connectivity index (χ3n) is 3.36. The van der Waals surface area contributed by atoms with Crippen molar-refractivity contribution in [2.24, 2.45) is 0 Å². The van der Waals surface area contributed by atoms with Crippen molar-refractivity contribution in [1.82, 2.24) is 9.55 Å². The van der Waals surface area contributed by atoms with Crippen molar-refractivity contribution in [2.75, 3.05) is 26.6 Å². The second kappa shape index (κ2) is 5.88. The van der Waals surface area contributed by atoms with Crippen LogP contribution in [0.25, 0.3) is 0 Å². The molecule has 2 heterocycles. The molecule has 1 aromatic rings. The van der Waals surface area contributed by atoms with Crippen LogP contribution in [0, 0.1) is 6.92 Å². The fourth-order valence-corrected chi connectivity index (χ4v) is 2.30. The molecular formula is C12H19N3O5. The van der Waals surface area contributed by atoms with E-state index in [9.17, 15) is 9.90 Å². The number of aromatic nitrogens is 2. The van der Waals surface area contributed by atoms with Gasteiger partial charge < -0.3 is 25.1 Å². The molecule has 20 heavy (non-hydrogen) atoms. The number of aryl methyl sites for hydroxylation is 1. The van der Waals surface area contributed by atoms with Crippen molar-refractivity contribution in [3.63, 3.8) is 0 Å². The highest BCUT2D eigenvalue weighted by Gasteiger charge is 2.45. The first-order valence-electron chi connectivity index (χ1n) is 6.20. The first-order chi connectivity index (χ1) is 9.49. The monoisotopic (exact) mass is 285 g/mol. The van der Waals surface area contributed by atoms with Crippen molar-refractivity contribution in [2.45, 2.75) is 31.5 Å². The molecule has 0 saturated carbocycles. The van der Waals surface area contributed by atoms with E-state index in [0.717, 1.165) is 0 Å². The highest BCUT2D eigenvalue weighted by molar-refractivity contribution is 5.35.